The highest BCUT2D eigenvalue weighted by atomic mass is 16.6. The Kier molecular flexibility index (Phi) is 6.10. The van der Waals surface area contributed by atoms with Crippen molar-refractivity contribution in [2.45, 2.75) is 13.5 Å². The minimum Gasteiger partial charge on any atom is -0.493 e. The predicted octanol–water partition coefficient (Wildman–Crippen LogP) is 2.49. The smallest absolute Gasteiger partial charge is 0.332 e. The van der Waals surface area contributed by atoms with Crippen molar-refractivity contribution >= 4 is 17.9 Å². The van der Waals surface area contributed by atoms with E-state index in [9.17, 15) is 14.9 Å². The number of primary amides is 1. The molecule has 2 amide bonds. The number of aryl methyl sites for hydroxylation is 1. The van der Waals surface area contributed by atoms with E-state index >= 15 is 0 Å². The number of nitrogens with zero attached hydrogens (tertiary/aromatic N) is 2. The molecule has 0 unspecified atom stereocenters. The quantitative estimate of drug-likeness (QED) is 0.446. The number of nitro groups is 1. The van der Waals surface area contributed by atoms with E-state index in [1.54, 1.807) is 37.3 Å². The van der Waals surface area contributed by atoms with Crippen molar-refractivity contribution in [3.63, 3.8) is 0 Å². The van der Waals surface area contributed by atoms with Gasteiger partial charge in [0.25, 0.3) is 5.69 Å². The number of carbonyl (C=O) groups is 1. The molecule has 9 heteroatoms. The minimum atomic E-state index is -0.770. The fourth-order valence-corrected chi connectivity index (χ4v) is 2.18. The van der Waals surface area contributed by atoms with Crippen LogP contribution in [0.4, 0.5) is 10.5 Å². The van der Waals surface area contributed by atoms with Crippen molar-refractivity contribution < 1.29 is 19.2 Å². The lowest BCUT2D eigenvalue weighted by Gasteiger charge is -2.11. The van der Waals surface area contributed by atoms with Crippen molar-refractivity contribution in [2.24, 2.45) is 10.8 Å². The number of amides is 2. The summed E-state index contributed by atoms with van der Waals surface area (Å²) in [5.41, 5.74) is 8.91. The van der Waals surface area contributed by atoms with E-state index in [2.05, 4.69) is 10.5 Å². The van der Waals surface area contributed by atoms with E-state index in [4.69, 9.17) is 15.2 Å². The van der Waals surface area contributed by atoms with Gasteiger partial charge in [-0.3, -0.25) is 10.1 Å². The van der Waals surface area contributed by atoms with Gasteiger partial charge in [0.05, 0.1) is 23.8 Å². The molecule has 9 nitrogen and oxygen atoms in total. The topological polar surface area (TPSA) is 129 Å². The third-order valence-corrected chi connectivity index (χ3v) is 3.40. The summed E-state index contributed by atoms with van der Waals surface area (Å²) < 4.78 is 10.9. The summed E-state index contributed by atoms with van der Waals surface area (Å²) in [6, 6.07) is 9.16. The first-order valence-electron chi connectivity index (χ1n) is 7.54. The standard InChI is InChI=1S/C17H18N4O5/c1-11-3-5-13(14(7-11)21(23)24)10-26-15-6-4-12(8-16(15)25-2)9-19-20-17(18)22/h3-9H,10H2,1-2H3,(H3,18,20,22). The van der Waals surface area contributed by atoms with Crippen LogP contribution in [0.5, 0.6) is 11.5 Å². The number of ether oxygens (including phenoxy) is 2. The van der Waals surface area contributed by atoms with E-state index < -0.39 is 11.0 Å². The first kappa shape index (κ1) is 18.7. The van der Waals surface area contributed by atoms with Gasteiger partial charge in [-0.25, -0.2) is 10.2 Å². The van der Waals surface area contributed by atoms with Crippen molar-refractivity contribution in [3.05, 3.63) is 63.2 Å². The Labute approximate surface area is 149 Å². The van der Waals surface area contributed by atoms with Crippen LogP contribution in [0.3, 0.4) is 0 Å². The zero-order valence-corrected chi connectivity index (χ0v) is 14.3. The van der Waals surface area contributed by atoms with Gasteiger partial charge < -0.3 is 15.2 Å². The van der Waals surface area contributed by atoms with Crippen LogP contribution in [0, 0.1) is 17.0 Å². The van der Waals surface area contributed by atoms with Gasteiger partial charge in [-0.05, 0) is 42.3 Å². The van der Waals surface area contributed by atoms with E-state index in [1.165, 1.54) is 19.4 Å². The van der Waals surface area contributed by atoms with Crippen molar-refractivity contribution in [3.8, 4) is 11.5 Å². The predicted molar refractivity (Wildman–Crippen MR) is 95.5 cm³/mol. The Morgan fingerprint density at radius 2 is 2.08 bits per heavy atom. The highest BCUT2D eigenvalue weighted by Gasteiger charge is 2.15. The average molecular weight is 358 g/mol. The summed E-state index contributed by atoms with van der Waals surface area (Å²) in [7, 11) is 1.47. The van der Waals surface area contributed by atoms with Crippen LogP contribution < -0.4 is 20.6 Å². The van der Waals surface area contributed by atoms with E-state index in [1.807, 2.05) is 0 Å². The molecular weight excluding hydrogens is 340 g/mol. The van der Waals surface area contributed by atoms with Gasteiger partial charge in [0.1, 0.15) is 6.61 Å². The van der Waals surface area contributed by atoms with Crippen molar-refractivity contribution in [1.82, 2.24) is 5.43 Å². The number of nitrogens with two attached hydrogens (primary N) is 1. The second-order valence-corrected chi connectivity index (χ2v) is 5.32. The van der Waals surface area contributed by atoms with E-state index in [-0.39, 0.29) is 12.3 Å². The van der Waals surface area contributed by atoms with Crippen LogP contribution >= 0.6 is 0 Å². The van der Waals surface area contributed by atoms with Crippen molar-refractivity contribution in [1.29, 1.82) is 0 Å². The molecule has 136 valence electrons. The summed E-state index contributed by atoms with van der Waals surface area (Å²) in [4.78, 5) is 21.3. The van der Waals surface area contributed by atoms with Crippen LogP contribution in [0.25, 0.3) is 0 Å². The molecule has 0 fully saturated rings. The number of carbonyl (C=O) groups excluding carboxylic acids is 1. The molecule has 26 heavy (non-hydrogen) atoms. The molecule has 0 saturated carbocycles. The normalized spacial score (nSPS) is 10.5. The molecule has 0 aromatic heterocycles. The third kappa shape index (κ3) is 4.94. The summed E-state index contributed by atoms with van der Waals surface area (Å²) in [6.07, 6.45) is 1.39. The molecule has 0 aliphatic carbocycles. The van der Waals surface area contributed by atoms with Crippen LogP contribution in [-0.4, -0.2) is 24.3 Å². The fraction of sp³-hybridized carbons (Fsp3) is 0.176. The molecule has 0 radical (unpaired) electrons. The summed E-state index contributed by atoms with van der Waals surface area (Å²) in [6.45, 7) is 1.80. The Morgan fingerprint density at radius 3 is 2.73 bits per heavy atom. The molecule has 0 saturated heterocycles. The molecule has 0 heterocycles. The molecule has 0 bridgehead atoms. The molecular formula is C17H18N4O5. The van der Waals surface area contributed by atoms with Crippen LogP contribution in [0.1, 0.15) is 16.7 Å². The number of nitro benzene ring substituents is 1. The number of nitrogens with one attached hydrogen (secondary N) is 1. The molecule has 0 aliphatic rings. The molecule has 3 N–H and O–H groups in total. The second-order valence-electron chi connectivity index (χ2n) is 5.32. The Balaban J connectivity index is 2.16. The monoisotopic (exact) mass is 358 g/mol. The molecule has 0 spiro atoms. The highest BCUT2D eigenvalue weighted by molar-refractivity contribution is 5.82. The zero-order chi connectivity index (χ0) is 19.1. The number of hydrazone groups is 1. The van der Waals surface area contributed by atoms with Gasteiger partial charge in [0.2, 0.25) is 0 Å². The molecule has 2 rings (SSSR count). The van der Waals surface area contributed by atoms with Gasteiger partial charge in [-0.2, -0.15) is 5.10 Å². The summed E-state index contributed by atoms with van der Waals surface area (Å²) in [5.74, 6) is 0.838. The lowest BCUT2D eigenvalue weighted by Crippen LogP contribution is -2.24. The number of rotatable bonds is 7. The highest BCUT2D eigenvalue weighted by Crippen LogP contribution is 2.29. The maximum absolute atomic E-state index is 11.2. The lowest BCUT2D eigenvalue weighted by molar-refractivity contribution is -0.385. The van der Waals surface area contributed by atoms with Gasteiger partial charge >= 0.3 is 6.03 Å². The molecule has 2 aromatic carbocycles. The zero-order valence-electron chi connectivity index (χ0n) is 14.3. The van der Waals surface area contributed by atoms with Crippen LogP contribution in [0.15, 0.2) is 41.5 Å². The summed E-state index contributed by atoms with van der Waals surface area (Å²) in [5, 5.41) is 14.8. The number of methoxy groups -OCH3 is 1. The van der Waals surface area contributed by atoms with E-state index in [0.717, 1.165) is 5.56 Å². The van der Waals surface area contributed by atoms with E-state index in [0.29, 0.717) is 22.6 Å². The van der Waals surface area contributed by atoms with Gasteiger partial charge in [-0.1, -0.05) is 6.07 Å². The Hall–Kier alpha value is -3.62. The van der Waals surface area contributed by atoms with Crippen LogP contribution in [-0.2, 0) is 6.61 Å². The number of benzene rings is 2. The molecule has 0 atom stereocenters. The SMILES string of the molecule is COc1cc(C=NNC(N)=O)ccc1OCc1ccc(C)cc1[N+](=O)[O-]. The minimum absolute atomic E-state index is 0.00486. The Morgan fingerprint density at radius 1 is 1.31 bits per heavy atom. The lowest BCUT2D eigenvalue weighted by atomic mass is 10.1. The number of hydrogen-bond donors (Lipinski definition) is 2. The number of urea groups is 1. The first-order chi connectivity index (χ1) is 12.4. The molecule has 2 aromatic rings. The Bertz CT molecular complexity index is 851. The van der Waals surface area contributed by atoms with Gasteiger partial charge in [0.15, 0.2) is 11.5 Å². The third-order valence-electron chi connectivity index (χ3n) is 3.40. The first-order valence-corrected chi connectivity index (χ1v) is 7.54. The summed E-state index contributed by atoms with van der Waals surface area (Å²) >= 11 is 0. The molecule has 0 aliphatic heterocycles. The van der Waals surface area contributed by atoms with Crippen molar-refractivity contribution in [2.75, 3.05) is 7.11 Å². The maximum Gasteiger partial charge on any atom is 0.332 e. The maximum atomic E-state index is 11.2. The second kappa shape index (κ2) is 8.47. The van der Waals surface area contributed by atoms with Crippen LogP contribution in [0.2, 0.25) is 0 Å². The number of hydrogen-bond acceptors (Lipinski definition) is 6. The van der Waals surface area contributed by atoms with Gasteiger partial charge in [-0.15, -0.1) is 0 Å². The fourth-order valence-electron chi connectivity index (χ4n) is 2.18. The average Bonchev–Trinajstić information content (AvgIpc) is 2.60. The van der Waals surface area contributed by atoms with Gasteiger partial charge in [0, 0.05) is 6.07 Å². The largest absolute Gasteiger partial charge is 0.493 e.